The van der Waals surface area contributed by atoms with Crippen LogP contribution in [0.3, 0.4) is 0 Å². The molecular weight excluding hydrogens is 468 g/mol. The number of hydrogen-bond acceptors (Lipinski definition) is 7. The first-order valence-electron chi connectivity index (χ1n) is 12.2. The van der Waals surface area contributed by atoms with Crippen LogP contribution in [0.2, 0.25) is 0 Å². The van der Waals surface area contributed by atoms with Crippen molar-refractivity contribution in [2.75, 3.05) is 13.7 Å². The minimum Gasteiger partial charge on any atom is -0.465 e. The van der Waals surface area contributed by atoms with Crippen molar-refractivity contribution < 1.29 is 14.3 Å². The van der Waals surface area contributed by atoms with Gasteiger partial charge in [0, 0.05) is 13.1 Å². The molecule has 1 N–H and O–H groups in total. The van der Waals surface area contributed by atoms with E-state index in [9.17, 15) is 9.59 Å². The lowest BCUT2D eigenvalue weighted by molar-refractivity contribution is -0.126. The molecule has 2 heterocycles. The lowest BCUT2D eigenvalue weighted by Crippen LogP contribution is -2.44. The Kier molecular flexibility index (Phi) is 7.32. The van der Waals surface area contributed by atoms with Crippen molar-refractivity contribution in [3.63, 3.8) is 0 Å². The SMILES string of the molecule is COC(=O)c1ccc(CN2C[C@H](n3cnnn3)C[C@H]2C(=O)NC(c2ccccc2)c2ccccc2)cc1. The number of amides is 1. The van der Waals surface area contributed by atoms with Crippen molar-refractivity contribution in [1.29, 1.82) is 0 Å². The summed E-state index contributed by atoms with van der Waals surface area (Å²) in [5.74, 6) is -0.434. The summed E-state index contributed by atoms with van der Waals surface area (Å²) in [6.07, 6.45) is 2.17. The predicted octanol–water partition coefficient (Wildman–Crippen LogP) is 3.18. The fraction of sp³-hybridized carbons (Fsp3) is 0.250. The van der Waals surface area contributed by atoms with Crippen LogP contribution in [0, 0.1) is 0 Å². The van der Waals surface area contributed by atoms with E-state index in [1.54, 1.807) is 23.1 Å². The average molecular weight is 497 g/mol. The molecule has 0 spiro atoms. The molecule has 37 heavy (non-hydrogen) atoms. The molecule has 0 saturated carbocycles. The third-order valence-electron chi connectivity index (χ3n) is 6.74. The number of carbonyl (C=O) groups excluding carboxylic acids is 2. The topological polar surface area (TPSA) is 102 Å². The molecule has 1 aliphatic rings. The van der Waals surface area contributed by atoms with Crippen molar-refractivity contribution in [2.45, 2.75) is 31.1 Å². The van der Waals surface area contributed by atoms with Gasteiger partial charge in [-0.05, 0) is 45.7 Å². The van der Waals surface area contributed by atoms with E-state index < -0.39 is 0 Å². The number of rotatable bonds is 8. The number of tetrazole rings is 1. The van der Waals surface area contributed by atoms with Crippen molar-refractivity contribution in [3.05, 3.63) is 114 Å². The van der Waals surface area contributed by atoms with E-state index in [-0.39, 0.29) is 30.0 Å². The van der Waals surface area contributed by atoms with Crippen LogP contribution < -0.4 is 5.32 Å². The lowest BCUT2D eigenvalue weighted by Gasteiger charge is -2.27. The van der Waals surface area contributed by atoms with Crippen molar-refractivity contribution in [3.8, 4) is 0 Å². The molecule has 0 bridgehead atoms. The lowest BCUT2D eigenvalue weighted by atomic mass is 9.98. The second kappa shape index (κ2) is 11.1. The first kappa shape index (κ1) is 24.3. The maximum Gasteiger partial charge on any atom is 0.337 e. The Hall–Kier alpha value is -4.37. The molecule has 1 aliphatic heterocycles. The van der Waals surface area contributed by atoms with E-state index in [4.69, 9.17) is 4.74 Å². The number of nitrogens with one attached hydrogen (secondary N) is 1. The van der Waals surface area contributed by atoms with Gasteiger partial charge in [0.15, 0.2) is 0 Å². The molecular formula is C28H28N6O3. The van der Waals surface area contributed by atoms with Gasteiger partial charge in [0.25, 0.3) is 0 Å². The summed E-state index contributed by atoms with van der Waals surface area (Å²) in [7, 11) is 1.36. The number of nitrogens with zero attached hydrogens (tertiary/aromatic N) is 5. The van der Waals surface area contributed by atoms with E-state index in [0.717, 1.165) is 16.7 Å². The van der Waals surface area contributed by atoms with E-state index in [2.05, 4.69) is 25.7 Å². The molecule has 5 rings (SSSR count). The number of benzene rings is 3. The van der Waals surface area contributed by atoms with Crippen molar-refractivity contribution in [2.24, 2.45) is 0 Å². The molecule has 9 nitrogen and oxygen atoms in total. The van der Waals surface area contributed by atoms with Crippen LogP contribution in [0.15, 0.2) is 91.3 Å². The Bertz CT molecular complexity index is 1270. The highest BCUT2D eigenvalue weighted by Gasteiger charge is 2.39. The van der Waals surface area contributed by atoms with Gasteiger partial charge in [-0.3, -0.25) is 9.69 Å². The van der Waals surface area contributed by atoms with Gasteiger partial charge in [0.1, 0.15) is 6.33 Å². The van der Waals surface area contributed by atoms with Crippen LogP contribution in [0.1, 0.15) is 45.6 Å². The molecule has 2 atom stereocenters. The van der Waals surface area contributed by atoms with Crippen LogP contribution in [0.25, 0.3) is 0 Å². The van der Waals surface area contributed by atoms with Gasteiger partial charge in [-0.25, -0.2) is 9.48 Å². The van der Waals surface area contributed by atoms with Gasteiger partial charge in [0.2, 0.25) is 5.91 Å². The summed E-state index contributed by atoms with van der Waals surface area (Å²) >= 11 is 0. The van der Waals surface area contributed by atoms with E-state index in [1.165, 1.54) is 7.11 Å². The molecule has 188 valence electrons. The number of aromatic nitrogens is 4. The Morgan fingerprint density at radius 2 is 1.62 bits per heavy atom. The van der Waals surface area contributed by atoms with Crippen molar-refractivity contribution in [1.82, 2.24) is 30.4 Å². The highest BCUT2D eigenvalue weighted by atomic mass is 16.5. The summed E-state index contributed by atoms with van der Waals surface area (Å²) in [5, 5.41) is 14.9. The number of esters is 1. The minimum absolute atomic E-state index is 0.0352. The summed E-state index contributed by atoms with van der Waals surface area (Å²) < 4.78 is 6.51. The van der Waals surface area contributed by atoms with Crippen LogP contribution in [-0.4, -0.2) is 56.7 Å². The van der Waals surface area contributed by atoms with E-state index >= 15 is 0 Å². The van der Waals surface area contributed by atoms with Crippen LogP contribution in [0.4, 0.5) is 0 Å². The quantitative estimate of drug-likeness (QED) is 0.374. The van der Waals surface area contributed by atoms with Gasteiger partial charge in [-0.2, -0.15) is 0 Å². The average Bonchev–Trinajstić information content (AvgIpc) is 3.63. The minimum atomic E-state index is -0.385. The molecule has 3 aromatic carbocycles. The van der Waals surface area contributed by atoms with Crippen molar-refractivity contribution >= 4 is 11.9 Å². The molecule has 0 radical (unpaired) electrons. The number of ether oxygens (including phenoxy) is 1. The van der Waals surface area contributed by atoms with Gasteiger partial charge < -0.3 is 10.1 Å². The van der Waals surface area contributed by atoms with Gasteiger partial charge in [-0.15, -0.1) is 5.10 Å². The van der Waals surface area contributed by atoms with E-state index in [0.29, 0.717) is 25.1 Å². The molecule has 1 saturated heterocycles. The first-order valence-corrected chi connectivity index (χ1v) is 12.2. The normalized spacial score (nSPS) is 17.6. The zero-order valence-electron chi connectivity index (χ0n) is 20.5. The first-order chi connectivity index (χ1) is 18.1. The highest BCUT2D eigenvalue weighted by molar-refractivity contribution is 5.89. The Labute approximate surface area is 215 Å². The maximum absolute atomic E-state index is 13.8. The number of likely N-dealkylation sites (tertiary alicyclic amines) is 1. The highest BCUT2D eigenvalue weighted by Crippen LogP contribution is 2.30. The molecule has 1 aromatic heterocycles. The zero-order chi connectivity index (χ0) is 25.6. The largest absolute Gasteiger partial charge is 0.465 e. The fourth-order valence-electron chi connectivity index (χ4n) is 4.84. The number of carbonyl (C=O) groups is 2. The van der Waals surface area contributed by atoms with Gasteiger partial charge in [0.05, 0.1) is 30.8 Å². The molecule has 4 aromatic rings. The van der Waals surface area contributed by atoms with Gasteiger partial charge >= 0.3 is 5.97 Å². The summed E-state index contributed by atoms with van der Waals surface area (Å²) in [5.41, 5.74) is 3.51. The Morgan fingerprint density at radius 1 is 0.973 bits per heavy atom. The Balaban J connectivity index is 1.39. The standard InChI is InChI=1S/C28H28N6O3/c1-37-28(36)23-14-12-20(13-15-23)17-33-18-24(34-19-29-31-32-34)16-25(33)27(35)30-26(21-8-4-2-5-9-21)22-10-6-3-7-11-22/h2-15,19,24-26H,16-18H2,1H3,(H,30,35)/t24-,25+/m1/s1. The fourth-order valence-corrected chi connectivity index (χ4v) is 4.84. The third kappa shape index (κ3) is 5.57. The molecule has 0 unspecified atom stereocenters. The molecule has 1 amide bonds. The van der Waals surface area contributed by atoms with Crippen LogP contribution in [-0.2, 0) is 16.1 Å². The zero-order valence-corrected chi connectivity index (χ0v) is 20.5. The van der Waals surface area contributed by atoms with Gasteiger partial charge in [-0.1, -0.05) is 72.8 Å². The molecule has 0 aliphatic carbocycles. The van der Waals surface area contributed by atoms with Crippen LogP contribution >= 0.6 is 0 Å². The third-order valence-corrected chi connectivity index (χ3v) is 6.74. The Morgan fingerprint density at radius 3 is 2.19 bits per heavy atom. The smallest absolute Gasteiger partial charge is 0.337 e. The maximum atomic E-state index is 13.8. The second-order valence-electron chi connectivity index (χ2n) is 9.08. The molecule has 1 fully saturated rings. The monoisotopic (exact) mass is 496 g/mol. The number of methoxy groups -OCH3 is 1. The number of hydrogen-bond donors (Lipinski definition) is 1. The van der Waals surface area contributed by atoms with Crippen LogP contribution in [0.5, 0.6) is 0 Å². The summed E-state index contributed by atoms with van der Waals surface area (Å²) in [6, 6.07) is 26.5. The summed E-state index contributed by atoms with van der Waals surface area (Å²) in [6.45, 7) is 1.16. The summed E-state index contributed by atoms with van der Waals surface area (Å²) in [4.78, 5) is 27.8. The van der Waals surface area contributed by atoms with E-state index in [1.807, 2.05) is 72.8 Å². The molecule has 9 heteroatoms. The second-order valence-corrected chi connectivity index (χ2v) is 9.08. The predicted molar refractivity (Wildman–Crippen MR) is 136 cm³/mol.